The van der Waals surface area contributed by atoms with E-state index >= 15 is 0 Å². The van der Waals surface area contributed by atoms with Crippen LogP contribution in [-0.4, -0.2) is 37.6 Å². The van der Waals surface area contributed by atoms with E-state index in [2.05, 4.69) is 5.32 Å². The van der Waals surface area contributed by atoms with E-state index in [4.69, 9.17) is 9.47 Å². The molecular weight excluding hydrogens is 237 g/mol. The minimum Gasteiger partial charge on any atom is -0.494 e. The topological polar surface area (TPSA) is 50.7 Å². The van der Waals surface area contributed by atoms with Crippen LogP contribution in [0.2, 0.25) is 0 Å². The van der Waals surface area contributed by atoms with Gasteiger partial charge in [-0.2, -0.15) is 0 Å². The predicted molar refractivity (Wildman–Crippen MR) is 68.5 cm³/mol. The first-order valence-electron chi connectivity index (χ1n) is 5.90. The first kappa shape index (κ1) is 14.7. The monoisotopic (exact) mass is 257 g/mol. The van der Waals surface area contributed by atoms with Crippen molar-refractivity contribution in [2.45, 2.75) is 26.1 Å². The second-order valence-corrected chi connectivity index (χ2v) is 4.27. The Morgan fingerprint density at radius 1 is 1.39 bits per heavy atom. The van der Waals surface area contributed by atoms with Crippen LogP contribution >= 0.6 is 0 Å². The Morgan fingerprint density at radius 3 is 2.72 bits per heavy atom. The molecule has 1 unspecified atom stereocenters. The van der Waals surface area contributed by atoms with E-state index < -0.39 is 11.9 Å². The van der Waals surface area contributed by atoms with Crippen LogP contribution in [0.15, 0.2) is 18.2 Å². The molecule has 0 heterocycles. The van der Waals surface area contributed by atoms with Crippen LogP contribution in [0.4, 0.5) is 10.1 Å². The average Bonchev–Trinajstić information content (AvgIpc) is 2.35. The van der Waals surface area contributed by atoms with Crippen molar-refractivity contribution in [1.82, 2.24) is 0 Å². The molecule has 0 amide bonds. The molecule has 5 heteroatoms. The lowest BCUT2D eigenvalue weighted by Crippen LogP contribution is -2.26. The van der Waals surface area contributed by atoms with Crippen molar-refractivity contribution in [1.29, 1.82) is 0 Å². The van der Waals surface area contributed by atoms with Gasteiger partial charge in [0.25, 0.3) is 0 Å². The molecule has 0 fully saturated rings. The third kappa shape index (κ3) is 4.89. The molecule has 18 heavy (non-hydrogen) atoms. The zero-order valence-electron chi connectivity index (χ0n) is 10.9. The van der Waals surface area contributed by atoms with Crippen LogP contribution in [0.1, 0.15) is 13.8 Å². The lowest BCUT2D eigenvalue weighted by atomic mass is 10.2. The molecule has 0 bridgehead atoms. The number of ether oxygens (including phenoxy) is 2. The van der Waals surface area contributed by atoms with Gasteiger partial charge in [0.1, 0.15) is 0 Å². The Labute approximate surface area is 107 Å². The number of aliphatic hydroxyl groups excluding tert-OH is 1. The predicted octanol–water partition coefficient (Wildman–Crippen LogP) is 2.03. The van der Waals surface area contributed by atoms with Crippen molar-refractivity contribution in [3.63, 3.8) is 0 Å². The summed E-state index contributed by atoms with van der Waals surface area (Å²) in [4.78, 5) is 0. The van der Waals surface area contributed by atoms with Crippen LogP contribution in [-0.2, 0) is 4.74 Å². The van der Waals surface area contributed by atoms with E-state index in [1.807, 2.05) is 13.8 Å². The number of aliphatic hydroxyl groups is 1. The Bertz CT molecular complexity index is 371. The summed E-state index contributed by atoms with van der Waals surface area (Å²) in [6, 6.07) is 4.46. The van der Waals surface area contributed by atoms with Gasteiger partial charge in [-0.05, 0) is 26.0 Å². The van der Waals surface area contributed by atoms with E-state index in [0.29, 0.717) is 12.2 Å². The third-order valence-corrected chi connectivity index (χ3v) is 2.31. The van der Waals surface area contributed by atoms with Crippen molar-refractivity contribution in [2.24, 2.45) is 0 Å². The highest BCUT2D eigenvalue weighted by atomic mass is 19.1. The van der Waals surface area contributed by atoms with Gasteiger partial charge in [0.05, 0.1) is 25.9 Å². The van der Waals surface area contributed by atoms with E-state index in [1.165, 1.54) is 13.2 Å². The molecule has 2 N–H and O–H groups in total. The van der Waals surface area contributed by atoms with Gasteiger partial charge in [-0.25, -0.2) is 4.39 Å². The summed E-state index contributed by atoms with van der Waals surface area (Å²) in [7, 11) is 1.41. The minimum absolute atomic E-state index is 0.0885. The maximum atomic E-state index is 13.2. The fourth-order valence-electron chi connectivity index (χ4n) is 1.37. The summed E-state index contributed by atoms with van der Waals surface area (Å²) in [5.41, 5.74) is 0.692. The number of anilines is 1. The van der Waals surface area contributed by atoms with Crippen molar-refractivity contribution in [3.05, 3.63) is 24.0 Å². The number of nitrogens with one attached hydrogen (secondary N) is 1. The highest BCUT2D eigenvalue weighted by molar-refractivity contribution is 5.48. The van der Waals surface area contributed by atoms with Crippen molar-refractivity contribution < 1.29 is 19.0 Å². The Morgan fingerprint density at radius 2 is 2.11 bits per heavy atom. The first-order valence-corrected chi connectivity index (χ1v) is 5.90. The molecule has 1 atom stereocenters. The quantitative estimate of drug-likeness (QED) is 0.784. The molecule has 1 aromatic carbocycles. The van der Waals surface area contributed by atoms with Gasteiger partial charge in [0.2, 0.25) is 0 Å². The second kappa shape index (κ2) is 7.18. The molecule has 0 saturated carbocycles. The van der Waals surface area contributed by atoms with Gasteiger partial charge in [-0.1, -0.05) is 0 Å². The molecule has 1 rings (SSSR count). The van der Waals surface area contributed by atoms with Crippen LogP contribution in [0.25, 0.3) is 0 Å². The van der Waals surface area contributed by atoms with Gasteiger partial charge in [-0.15, -0.1) is 0 Å². The summed E-state index contributed by atoms with van der Waals surface area (Å²) in [5, 5.41) is 12.6. The van der Waals surface area contributed by atoms with E-state index in [-0.39, 0.29) is 18.5 Å². The zero-order valence-corrected chi connectivity index (χ0v) is 10.9. The number of hydrogen-bond donors (Lipinski definition) is 2. The third-order valence-electron chi connectivity index (χ3n) is 2.31. The van der Waals surface area contributed by atoms with Gasteiger partial charge < -0.3 is 19.9 Å². The summed E-state index contributed by atoms with van der Waals surface area (Å²) < 4.78 is 23.3. The average molecular weight is 257 g/mol. The first-order chi connectivity index (χ1) is 8.52. The van der Waals surface area contributed by atoms with Crippen molar-refractivity contribution in [3.8, 4) is 5.75 Å². The molecule has 0 aromatic heterocycles. The summed E-state index contributed by atoms with van der Waals surface area (Å²) in [5.74, 6) is -0.236. The number of methoxy groups -OCH3 is 1. The van der Waals surface area contributed by atoms with Crippen molar-refractivity contribution >= 4 is 5.69 Å². The maximum absolute atomic E-state index is 13.2. The lowest BCUT2D eigenvalue weighted by molar-refractivity contribution is 0.0112. The largest absolute Gasteiger partial charge is 0.494 e. The van der Waals surface area contributed by atoms with Crippen LogP contribution in [0.5, 0.6) is 5.75 Å². The second-order valence-electron chi connectivity index (χ2n) is 4.27. The summed E-state index contributed by atoms with van der Waals surface area (Å²) in [6.07, 6.45) is -0.519. The van der Waals surface area contributed by atoms with Gasteiger partial charge in [-0.3, -0.25) is 0 Å². The number of halogens is 1. The fraction of sp³-hybridized carbons (Fsp3) is 0.538. The zero-order chi connectivity index (χ0) is 13.5. The molecule has 0 spiro atoms. The van der Waals surface area contributed by atoms with Crippen LogP contribution in [0.3, 0.4) is 0 Å². The summed E-state index contributed by atoms with van der Waals surface area (Å²) in [6.45, 7) is 4.42. The normalized spacial score (nSPS) is 12.6. The smallest absolute Gasteiger partial charge is 0.165 e. The highest BCUT2D eigenvalue weighted by Crippen LogP contribution is 2.21. The SMILES string of the molecule is COc1cc(NCC(O)COC(C)C)ccc1F. The van der Waals surface area contributed by atoms with E-state index in [9.17, 15) is 9.50 Å². The number of benzene rings is 1. The Kier molecular flexibility index (Phi) is 5.88. The summed E-state index contributed by atoms with van der Waals surface area (Å²) >= 11 is 0. The molecule has 0 saturated heterocycles. The van der Waals surface area contributed by atoms with Crippen LogP contribution in [0, 0.1) is 5.82 Å². The fourth-order valence-corrected chi connectivity index (χ4v) is 1.37. The molecule has 102 valence electrons. The molecule has 0 aliphatic heterocycles. The van der Waals surface area contributed by atoms with E-state index in [0.717, 1.165) is 0 Å². The maximum Gasteiger partial charge on any atom is 0.165 e. The molecular formula is C13H20FNO3. The molecule has 1 aromatic rings. The Balaban J connectivity index is 2.43. The lowest BCUT2D eigenvalue weighted by Gasteiger charge is -2.15. The standard InChI is InChI=1S/C13H20FNO3/c1-9(2)18-8-11(16)7-15-10-4-5-12(14)13(6-10)17-3/h4-6,9,11,15-16H,7-8H2,1-3H3. The highest BCUT2D eigenvalue weighted by Gasteiger charge is 2.07. The molecule has 0 aliphatic rings. The minimum atomic E-state index is -0.608. The molecule has 0 radical (unpaired) electrons. The molecule has 0 aliphatic carbocycles. The Hall–Kier alpha value is -1.33. The van der Waals surface area contributed by atoms with Gasteiger partial charge in [0, 0.05) is 18.3 Å². The van der Waals surface area contributed by atoms with Gasteiger partial charge in [0.15, 0.2) is 11.6 Å². The number of hydrogen-bond acceptors (Lipinski definition) is 4. The van der Waals surface area contributed by atoms with Crippen molar-refractivity contribution in [2.75, 3.05) is 25.6 Å². The van der Waals surface area contributed by atoms with Gasteiger partial charge >= 0.3 is 0 Å². The van der Waals surface area contributed by atoms with E-state index in [1.54, 1.807) is 12.1 Å². The molecule has 4 nitrogen and oxygen atoms in total. The number of rotatable bonds is 7. The van der Waals surface area contributed by atoms with Crippen LogP contribution < -0.4 is 10.1 Å².